The lowest BCUT2D eigenvalue weighted by atomic mass is 10.4. The maximum absolute atomic E-state index is 10.5. The Kier molecular flexibility index (Phi) is 5.20. The van der Waals surface area contributed by atoms with E-state index in [4.69, 9.17) is 15.9 Å². The predicted octanol–water partition coefficient (Wildman–Crippen LogP) is -1.77. The van der Waals surface area contributed by atoms with Crippen LogP contribution in [0.15, 0.2) is 0 Å². The molecule has 0 aliphatic rings. The number of thioether (sulfide) groups is 1. The summed E-state index contributed by atoms with van der Waals surface area (Å²) in [7, 11) is -2.81. The average molecular weight is 241 g/mol. The zero-order valence-corrected chi connectivity index (χ0v) is 8.34. The second-order valence-corrected chi connectivity index (χ2v) is 4.24. The molecule has 0 spiro atoms. The molecule has 0 fully saturated rings. The molecule has 1 unspecified atom stereocenters. The van der Waals surface area contributed by atoms with Crippen LogP contribution in [-0.4, -0.2) is 46.6 Å². The van der Waals surface area contributed by atoms with Gasteiger partial charge in [0.25, 0.3) is 0 Å². The van der Waals surface area contributed by atoms with Crippen LogP contribution >= 0.6 is 11.8 Å². The topological polar surface area (TPSA) is 135 Å². The molecule has 0 amide bonds. The lowest BCUT2D eigenvalue weighted by Crippen LogP contribution is -2.37. The van der Waals surface area contributed by atoms with E-state index in [2.05, 4.69) is 0 Å². The van der Waals surface area contributed by atoms with E-state index < -0.39 is 38.2 Å². The highest BCUT2D eigenvalue weighted by molar-refractivity contribution is 8.22. The van der Waals surface area contributed by atoms with Crippen LogP contribution in [0.3, 0.4) is 0 Å². The maximum Gasteiger partial charge on any atom is 0.326 e. The van der Waals surface area contributed by atoms with Crippen LogP contribution in [0.1, 0.15) is 0 Å². The van der Waals surface area contributed by atoms with Crippen LogP contribution in [0.2, 0.25) is 0 Å². The second kappa shape index (κ2) is 5.62. The van der Waals surface area contributed by atoms with Crippen molar-refractivity contribution in [2.75, 3.05) is 5.75 Å². The molecule has 0 heterocycles. The van der Waals surface area contributed by atoms with Gasteiger partial charge in [0.15, 0.2) is 0 Å². The highest BCUT2D eigenvalue weighted by atomic mass is 32.2. The summed E-state index contributed by atoms with van der Waals surface area (Å²) < 4.78 is 20.3. The van der Waals surface area contributed by atoms with E-state index in [9.17, 15) is 18.0 Å². The Hall–Kier alpha value is -1.06. The van der Waals surface area contributed by atoms with Gasteiger partial charge in [-0.05, 0) is 0 Å². The van der Waals surface area contributed by atoms with Gasteiger partial charge in [-0.2, -0.15) is 8.42 Å². The van der Waals surface area contributed by atoms with Crippen molar-refractivity contribution in [2.24, 2.45) is 5.73 Å². The molecule has 0 bridgehead atoms. The van der Waals surface area contributed by atoms with Crippen LogP contribution in [0.4, 0.5) is 0 Å². The summed E-state index contributed by atoms with van der Waals surface area (Å²) in [6.45, 7) is 0. The largest absolute Gasteiger partial charge is 0.481 e. The van der Waals surface area contributed by atoms with Gasteiger partial charge in [0.05, 0.1) is 5.75 Å². The number of rotatable bonds is 4. The van der Waals surface area contributed by atoms with Gasteiger partial charge in [-0.1, -0.05) is 0 Å². The van der Waals surface area contributed by atoms with E-state index in [-0.39, 0.29) is 0 Å². The fourth-order valence-corrected chi connectivity index (χ4v) is 1.89. The van der Waals surface area contributed by atoms with Gasteiger partial charge in [-0.15, -0.1) is 11.8 Å². The Morgan fingerprint density at radius 2 is 1.86 bits per heavy atom. The Labute approximate surface area is 84.4 Å². The van der Waals surface area contributed by atoms with Crippen molar-refractivity contribution < 1.29 is 28.2 Å². The number of hydrogen-bond acceptors (Lipinski definition) is 6. The van der Waals surface area contributed by atoms with Crippen LogP contribution in [0, 0.1) is 0 Å². The third-order valence-electron chi connectivity index (χ3n) is 1.02. The monoisotopic (exact) mass is 241 g/mol. The van der Waals surface area contributed by atoms with E-state index in [1.165, 1.54) is 0 Å². The molecule has 0 radical (unpaired) electrons. The van der Waals surface area contributed by atoms with Crippen LogP contribution in [0.25, 0.3) is 0 Å². The molecular weight excluding hydrogens is 234 g/mol. The molecule has 9 heteroatoms. The van der Waals surface area contributed by atoms with E-state index in [1.807, 2.05) is 0 Å². The molecule has 7 nitrogen and oxygen atoms in total. The summed E-state index contributed by atoms with van der Waals surface area (Å²) in [5.74, 6) is -3.33. The summed E-state index contributed by atoms with van der Waals surface area (Å²) in [4.78, 5) is 20.4. The third kappa shape index (κ3) is 4.25. The number of hydrogen-bond donors (Lipinski definition) is 3. The summed E-state index contributed by atoms with van der Waals surface area (Å²) in [6.07, 6.45) is 0. The zero-order valence-electron chi connectivity index (χ0n) is 6.71. The van der Waals surface area contributed by atoms with E-state index in [0.29, 0.717) is 11.8 Å². The maximum atomic E-state index is 10.5. The Balaban J connectivity index is 4.75. The van der Waals surface area contributed by atoms with Crippen molar-refractivity contribution in [3.05, 3.63) is 0 Å². The van der Waals surface area contributed by atoms with Gasteiger partial charge in [-0.3, -0.25) is 9.59 Å². The molecule has 0 rings (SSSR count). The molecule has 0 aliphatic carbocycles. The molecule has 80 valence electrons. The minimum absolute atomic E-state index is 0.373. The van der Waals surface area contributed by atoms with Crippen molar-refractivity contribution >= 4 is 38.2 Å². The molecule has 1 atom stereocenters. The van der Waals surface area contributed by atoms with Gasteiger partial charge >= 0.3 is 11.9 Å². The lowest BCUT2D eigenvalue weighted by molar-refractivity contribution is -0.137. The van der Waals surface area contributed by atoms with Gasteiger partial charge < -0.3 is 15.9 Å². The second-order valence-electron chi connectivity index (χ2n) is 2.05. The van der Waals surface area contributed by atoms with Crippen molar-refractivity contribution in [2.45, 2.75) is 6.04 Å². The number of carbonyl (C=O) groups is 2. The van der Waals surface area contributed by atoms with Crippen molar-refractivity contribution in [3.8, 4) is 0 Å². The van der Waals surface area contributed by atoms with Crippen LogP contribution in [0.5, 0.6) is 0 Å². The standard InChI is InChI=1S/C5H7NO6S2/c6-3(4(9)10)5(14(11)12)13-1-2(7)8/h3H,1,6H2,(H,7,8)(H,9,10). The van der Waals surface area contributed by atoms with Crippen LogP contribution in [-0.2, 0) is 19.9 Å². The van der Waals surface area contributed by atoms with E-state index in [0.717, 1.165) is 0 Å². The smallest absolute Gasteiger partial charge is 0.326 e. The van der Waals surface area contributed by atoms with Crippen molar-refractivity contribution in [3.63, 3.8) is 0 Å². The number of carboxylic acids is 2. The Morgan fingerprint density at radius 1 is 1.36 bits per heavy atom. The van der Waals surface area contributed by atoms with Crippen molar-refractivity contribution in [1.29, 1.82) is 0 Å². The molecule has 14 heavy (non-hydrogen) atoms. The first-order valence-electron chi connectivity index (χ1n) is 3.15. The number of carboxylic acid groups (broad SMARTS) is 2. The van der Waals surface area contributed by atoms with Gasteiger partial charge in [0, 0.05) is 0 Å². The average Bonchev–Trinajstić information content (AvgIpc) is 2.02. The Morgan fingerprint density at radius 3 is 2.14 bits per heavy atom. The normalized spacial score (nSPS) is 11.8. The summed E-state index contributed by atoms with van der Waals surface area (Å²) in [6, 6.07) is -1.71. The molecule has 4 N–H and O–H groups in total. The lowest BCUT2D eigenvalue weighted by Gasteiger charge is -2.04. The summed E-state index contributed by atoms with van der Waals surface area (Å²) in [5.41, 5.74) is 5.00. The summed E-state index contributed by atoms with van der Waals surface area (Å²) in [5, 5.41) is 16.6. The third-order valence-corrected chi connectivity index (χ3v) is 3.30. The molecule has 0 aromatic heterocycles. The molecule has 0 saturated heterocycles. The highest BCUT2D eigenvalue weighted by Gasteiger charge is 2.21. The predicted molar refractivity (Wildman–Crippen MR) is 49.6 cm³/mol. The minimum Gasteiger partial charge on any atom is -0.481 e. The minimum atomic E-state index is -2.81. The first-order valence-corrected chi connectivity index (χ1v) is 5.21. The van der Waals surface area contributed by atoms with Gasteiger partial charge in [0.2, 0.25) is 10.3 Å². The molecule has 0 aliphatic heterocycles. The van der Waals surface area contributed by atoms with E-state index in [1.54, 1.807) is 0 Å². The fourth-order valence-electron chi connectivity index (χ4n) is 0.475. The zero-order chi connectivity index (χ0) is 11.3. The molecule has 0 aromatic carbocycles. The van der Waals surface area contributed by atoms with Crippen molar-refractivity contribution in [1.82, 2.24) is 0 Å². The highest BCUT2D eigenvalue weighted by Crippen LogP contribution is 2.05. The van der Waals surface area contributed by atoms with Gasteiger partial charge in [-0.25, -0.2) is 0 Å². The van der Waals surface area contributed by atoms with E-state index >= 15 is 0 Å². The molecule has 0 aromatic rings. The SMILES string of the molecule is NC(C(=O)O)C(SCC(=O)O)=S(=O)=O. The first-order chi connectivity index (χ1) is 6.36. The number of nitrogens with two attached hydrogens (primary N) is 1. The number of aliphatic carboxylic acids is 2. The fraction of sp³-hybridized carbons (Fsp3) is 0.400. The molecular formula is C5H7NO6S2. The molecule has 0 saturated carbocycles. The quantitative estimate of drug-likeness (QED) is 0.492. The summed E-state index contributed by atoms with van der Waals surface area (Å²) >= 11 is 0.373. The first kappa shape index (κ1) is 12.9. The van der Waals surface area contributed by atoms with Crippen LogP contribution < -0.4 is 5.73 Å². The Bertz CT molecular complexity index is 364. The van der Waals surface area contributed by atoms with Gasteiger partial charge in [0.1, 0.15) is 10.2 Å².